The average molecular weight is 306 g/mol. The fraction of sp³-hybridized carbons (Fsp3) is 0.500. The molecule has 1 aromatic heterocycles. The Balaban J connectivity index is 1.55. The zero-order valence-corrected chi connectivity index (χ0v) is 13.3. The minimum Gasteiger partial charge on any atom is -0.335 e. The Labute approximate surface area is 136 Å². The molecule has 2 aliphatic carbocycles. The van der Waals surface area contributed by atoms with Gasteiger partial charge in [-0.25, -0.2) is 0 Å². The zero-order valence-electron chi connectivity index (χ0n) is 13.3. The molecule has 2 saturated carbocycles. The van der Waals surface area contributed by atoms with Gasteiger partial charge in [0, 0.05) is 29.7 Å². The fourth-order valence-electron chi connectivity index (χ4n) is 5.48. The zero-order chi connectivity index (χ0) is 15.4. The number of carbonyl (C=O) groups excluding carboxylic acids is 1. The van der Waals surface area contributed by atoms with E-state index in [1.54, 1.807) is 6.20 Å². The maximum absolute atomic E-state index is 13.3. The Morgan fingerprint density at radius 3 is 2.57 bits per heavy atom. The molecule has 2 aliphatic heterocycles. The lowest BCUT2D eigenvalue weighted by Gasteiger charge is -2.39. The molecule has 1 amide bonds. The van der Waals surface area contributed by atoms with Crippen molar-refractivity contribution in [3.63, 3.8) is 0 Å². The second-order valence-corrected chi connectivity index (χ2v) is 7.76. The Kier molecular flexibility index (Phi) is 2.97. The lowest BCUT2D eigenvalue weighted by Crippen LogP contribution is -2.42. The van der Waals surface area contributed by atoms with Crippen LogP contribution in [-0.4, -0.2) is 28.4 Å². The summed E-state index contributed by atoms with van der Waals surface area (Å²) in [4.78, 5) is 19.9. The van der Waals surface area contributed by atoms with E-state index >= 15 is 0 Å². The van der Waals surface area contributed by atoms with Gasteiger partial charge in [0.05, 0.1) is 5.52 Å². The first-order chi connectivity index (χ1) is 11.3. The van der Waals surface area contributed by atoms with Gasteiger partial charge in [-0.05, 0) is 68.1 Å². The van der Waals surface area contributed by atoms with Crippen molar-refractivity contribution in [3.8, 4) is 0 Å². The molecule has 4 aliphatic rings. The van der Waals surface area contributed by atoms with Crippen LogP contribution in [0.5, 0.6) is 0 Å². The highest BCUT2D eigenvalue weighted by Gasteiger charge is 2.44. The van der Waals surface area contributed by atoms with Crippen LogP contribution >= 0.6 is 0 Å². The number of amides is 1. The fourth-order valence-corrected chi connectivity index (χ4v) is 5.48. The summed E-state index contributed by atoms with van der Waals surface area (Å²) in [7, 11) is 0. The molecule has 0 N–H and O–H groups in total. The molecule has 4 atom stereocenters. The molecule has 3 heterocycles. The minimum absolute atomic E-state index is 0.224. The standard InChI is InChI=1S/C20H22N2O/c23-20(18-3-1-5-19-17(18)4-2-6-21-19)22-12-15-8-13-7-14(9-15)11-16(22)10-13/h1-6,13-16H,7-12H2/t13-,14?,15?,16?/m0/s1. The Hall–Kier alpha value is -1.90. The second-order valence-electron chi connectivity index (χ2n) is 7.76. The van der Waals surface area contributed by atoms with Crippen LogP contribution in [0, 0.1) is 17.8 Å². The average Bonchev–Trinajstić information content (AvgIpc) is 2.77. The third-order valence-corrected chi connectivity index (χ3v) is 6.24. The van der Waals surface area contributed by atoms with Crippen LogP contribution in [0.3, 0.4) is 0 Å². The summed E-state index contributed by atoms with van der Waals surface area (Å²) in [5, 5.41) is 0.990. The number of fused-ring (bicyclic) bond motifs is 2. The number of carbonyl (C=O) groups is 1. The molecule has 118 valence electrons. The maximum Gasteiger partial charge on any atom is 0.254 e. The first kappa shape index (κ1) is 13.5. The monoisotopic (exact) mass is 306 g/mol. The summed E-state index contributed by atoms with van der Waals surface area (Å²) >= 11 is 0. The van der Waals surface area contributed by atoms with E-state index in [1.807, 2.05) is 30.3 Å². The van der Waals surface area contributed by atoms with Gasteiger partial charge in [0.2, 0.25) is 0 Å². The van der Waals surface area contributed by atoms with E-state index in [2.05, 4.69) is 9.88 Å². The smallest absolute Gasteiger partial charge is 0.254 e. The van der Waals surface area contributed by atoms with E-state index < -0.39 is 0 Å². The first-order valence-electron chi connectivity index (χ1n) is 8.92. The number of hydrogen-bond donors (Lipinski definition) is 0. The molecular formula is C20H22N2O. The highest BCUT2D eigenvalue weighted by Crippen LogP contribution is 2.47. The van der Waals surface area contributed by atoms with Crippen LogP contribution in [0.2, 0.25) is 0 Å². The third-order valence-electron chi connectivity index (χ3n) is 6.24. The van der Waals surface area contributed by atoms with E-state index in [0.717, 1.165) is 40.8 Å². The van der Waals surface area contributed by atoms with Gasteiger partial charge in [0.1, 0.15) is 0 Å². The highest BCUT2D eigenvalue weighted by atomic mass is 16.2. The van der Waals surface area contributed by atoms with E-state index in [-0.39, 0.29) is 5.91 Å². The normalized spacial score (nSPS) is 32.3. The molecule has 3 nitrogen and oxygen atoms in total. The number of rotatable bonds is 1. The number of hydrogen-bond acceptors (Lipinski definition) is 2. The summed E-state index contributed by atoms with van der Waals surface area (Å²) in [6.45, 7) is 0.965. The van der Waals surface area contributed by atoms with E-state index in [9.17, 15) is 4.79 Å². The molecule has 4 bridgehead atoms. The molecule has 3 heteroatoms. The van der Waals surface area contributed by atoms with Crippen molar-refractivity contribution in [1.29, 1.82) is 0 Å². The molecule has 0 spiro atoms. The third kappa shape index (κ3) is 2.17. The van der Waals surface area contributed by atoms with Crippen molar-refractivity contribution in [2.75, 3.05) is 6.54 Å². The predicted molar refractivity (Wildman–Crippen MR) is 90.1 cm³/mol. The van der Waals surface area contributed by atoms with Gasteiger partial charge in [0.25, 0.3) is 5.91 Å². The second kappa shape index (κ2) is 5.05. The quantitative estimate of drug-likeness (QED) is 0.801. The molecular weight excluding hydrogens is 284 g/mol. The van der Waals surface area contributed by atoms with Crippen LogP contribution in [0.25, 0.3) is 10.9 Å². The lowest BCUT2D eigenvalue weighted by molar-refractivity contribution is 0.0634. The minimum atomic E-state index is 0.224. The van der Waals surface area contributed by atoms with E-state index in [0.29, 0.717) is 6.04 Å². The number of pyridine rings is 1. The molecule has 3 unspecified atom stereocenters. The molecule has 4 fully saturated rings. The van der Waals surface area contributed by atoms with Crippen LogP contribution in [0.15, 0.2) is 36.5 Å². The van der Waals surface area contributed by atoms with Gasteiger partial charge in [0.15, 0.2) is 0 Å². The summed E-state index contributed by atoms with van der Waals surface area (Å²) in [6.07, 6.45) is 8.33. The Morgan fingerprint density at radius 2 is 1.74 bits per heavy atom. The summed E-state index contributed by atoms with van der Waals surface area (Å²) < 4.78 is 0. The molecule has 2 aromatic rings. The predicted octanol–water partition coefficient (Wildman–Crippen LogP) is 3.89. The summed E-state index contributed by atoms with van der Waals surface area (Å²) in [5.41, 5.74) is 1.75. The van der Waals surface area contributed by atoms with Crippen molar-refractivity contribution < 1.29 is 4.79 Å². The van der Waals surface area contributed by atoms with Crippen molar-refractivity contribution in [2.45, 2.75) is 38.1 Å². The van der Waals surface area contributed by atoms with Gasteiger partial charge in [-0.1, -0.05) is 12.1 Å². The maximum atomic E-state index is 13.3. The molecule has 0 radical (unpaired) electrons. The van der Waals surface area contributed by atoms with Crippen LogP contribution < -0.4 is 0 Å². The van der Waals surface area contributed by atoms with Gasteiger partial charge >= 0.3 is 0 Å². The van der Waals surface area contributed by atoms with Crippen molar-refractivity contribution in [1.82, 2.24) is 9.88 Å². The van der Waals surface area contributed by atoms with Gasteiger partial charge in [-0.2, -0.15) is 0 Å². The van der Waals surface area contributed by atoms with Crippen molar-refractivity contribution >= 4 is 16.8 Å². The summed E-state index contributed by atoms with van der Waals surface area (Å²) in [6, 6.07) is 10.3. The number of nitrogens with zero attached hydrogens (tertiary/aromatic N) is 2. The van der Waals surface area contributed by atoms with E-state index in [1.165, 1.54) is 32.1 Å². The first-order valence-corrected chi connectivity index (χ1v) is 8.92. The van der Waals surface area contributed by atoms with E-state index in [4.69, 9.17) is 0 Å². The lowest BCUT2D eigenvalue weighted by atomic mass is 9.68. The molecule has 1 aromatic carbocycles. The van der Waals surface area contributed by atoms with Crippen molar-refractivity contribution in [3.05, 3.63) is 42.1 Å². The SMILES string of the molecule is O=C(c1cccc2ncccc12)N1CC2CC3CC1C[C@@H](C3)C2. The molecule has 6 rings (SSSR count). The largest absolute Gasteiger partial charge is 0.335 e. The van der Waals surface area contributed by atoms with Crippen LogP contribution in [-0.2, 0) is 0 Å². The topological polar surface area (TPSA) is 33.2 Å². The number of aromatic nitrogens is 1. The molecule has 23 heavy (non-hydrogen) atoms. The van der Waals surface area contributed by atoms with Crippen LogP contribution in [0.1, 0.15) is 42.5 Å². The number of benzene rings is 1. The van der Waals surface area contributed by atoms with Crippen LogP contribution in [0.4, 0.5) is 0 Å². The van der Waals surface area contributed by atoms with Crippen molar-refractivity contribution in [2.24, 2.45) is 17.8 Å². The summed E-state index contributed by atoms with van der Waals surface area (Å²) in [5.74, 6) is 2.68. The Bertz CT molecular complexity index is 752. The highest BCUT2D eigenvalue weighted by molar-refractivity contribution is 6.06. The molecule has 2 saturated heterocycles. The van der Waals surface area contributed by atoms with Gasteiger partial charge in [-0.3, -0.25) is 9.78 Å². The van der Waals surface area contributed by atoms with Gasteiger partial charge in [-0.15, -0.1) is 0 Å². The Morgan fingerprint density at radius 1 is 0.957 bits per heavy atom. The van der Waals surface area contributed by atoms with Gasteiger partial charge < -0.3 is 4.90 Å².